The van der Waals surface area contributed by atoms with E-state index in [2.05, 4.69) is 29.4 Å². The molecule has 0 aliphatic heterocycles. The van der Waals surface area contributed by atoms with Crippen LogP contribution >= 0.6 is 23.4 Å². The number of hydrogen-bond donors (Lipinski definition) is 2. The highest BCUT2D eigenvalue weighted by molar-refractivity contribution is 7.99. The smallest absolute Gasteiger partial charge is 0.310 e. The topological polar surface area (TPSA) is 62.7 Å². The van der Waals surface area contributed by atoms with Crippen LogP contribution in [0.15, 0.2) is 33.0 Å². The predicted octanol–water partition coefficient (Wildman–Crippen LogP) is 2.97. The van der Waals surface area contributed by atoms with E-state index in [1.54, 1.807) is 7.05 Å². The Morgan fingerprint density at radius 3 is 2.86 bits per heavy atom. The molecule has 2 N–H and O–H groups in total. The summed E-state index contributed by atoms with van der Waals surface area (Å²) in [6, 6.07) is 6.13. The number of aromatic amines is 1. The van der Waals surface area contributed by atoms with Gasteiger partial charge in [-0.15, -0.1) is 5.10 Å². The Hall–Kier alpha value is -1.24. The fourth-order valence-corrected chi connectivity index (χ4v) is 3.17. The third kappa shape index (κ3) is 3.90. The van der Waals surface area contributed by atoms with Crippen LogP contribution in [0.25, 0.3) is 0 Å². The predicted molar refractivity (Wildman–Crippen MR) is 86.1 cm³/mol. The molecule has 1 aromatic carbocycles. The molecule has 114 valence electrons. The minimum Gasteiger partial charge on any atom is -0.310 e. The van der Waals surface area contributed by atoms with Crippen molar-refractivity contribution in [1.29, 1.82) is 0 Å². The highest BCUT2D eigenvalue weighted by atomic mass is 35.5. The second kappa shape index (κ2) is 7.15. The number of halogens is 1. The van der Waals surface area contributed by atoms with Crippen molar-refractivity contribution in [2.24, 2.45) is 7.05 Å². The lowest BCUT2D eigenvalue weighted by atomic mass is 10.1. The lowest BCUT2D eigenvalue weighted by Crippen LogP contribution is -2.19. The fraction of sp³-hybridized carbons (Fsp3) is 0.429. The molecular formula is C14H19ClN4OS. The quantitative estimate of drug-likeness (QED) is 0.856. The summed E-state index contributed by atoms with van der Waals surface area (Å²) in [4.78, 5) is 12.3. The molecule has 0 radical (unpaired) electrons. The van der Waals surface area contributed by atoms with Gasteiger partial charge in [0, 0.05) is 23.0 Å². The monoisotopic (exact) mass is 326 g/mol. The van der Waals surface area contributed by atoms with Gasteiger partial charge in [0.05, 0.1) is 0 Å². The molecule has 1 unspecified atom stereocenters. The lowest BCUT2D eigenvalue weighted by Gasteiger charge is -2.15. The van der Waals surface area contributed by atoms with Crippen molar-refractivity contribution in [2.45, 2.75) is 36.4 Å². The summed E-state index contributed by atoms with van der Waals surface area (Å²) in [6.07, 6.45) is 1.09. The third-order valence-corrected chi connectivity index (χ3v) is 4.55. The molecule has 1 aromatic heterocycles. The molecule has 2 rings (SSSR count). The first-order chi connectivity index (χ1) is 10.0. The average Bonchev–Trinajstić information content (AvgIpc) is 2.77. The van der Waals surface area contributed by atoms with E-state index in [0.29, 0.717) is 5.16 Å². The third-order valence-electron chi connectivity index (χ3n) is 3.19. The SMILES string of the molecule is CCCNC(C)c1ccc(Sc2n[nH]c(=O)n2C)cc1Cl. The Bertz CT molecular complexity index is 667. The standard InChI is InChI=1S/C14H19ClN4OS/c1-4-7-16-9(2)11-6-5-10(8-12(11)15)21-14-18-17-13(20)19(14)3/h5-6,8-9,16H,4,7H2,1-3H3,(H,17,20). The Balaban J connectivity index is 2.15. The number of nitrogens with one attached hydrogen (secondary N) is 2. The normalized spacial score (nSPS) is 12.6. The van der Waals surface area contributed by atoms with Crippen LogP contribution < -0.4 is 11.0 Å². The van der Waals surface area contributed by atoms with Crippen molar-refractivity contribution < 1.29 is 0 Å². The van der Waals surface area contributed by atoms with Crippen LogP contribution in [0.3, 0.4) is 0 Å². The van der Waals surface area contributed by atoms with Gasteiger partial charge in [0.25, 0.3) is 0 Å². The first kappa shape index (κ1) is 16.1. The number of hydrogen-bond acceptors (Lipinski definition) is 4. The molecule has 0 aliphatic rings. The van der Waals surface area contributed by atoms with E-state index in [9.17, 15) is 4.79 Å². The van der Waals surface area contributed by atoms with Crippen molar-refractivity contribution >= 4 is 23.4 Å². The molecule has 0 aliphatic carbocycles. The summed E-state index contributed by atoms with van der Waals surface area (Å²) in [5.41, 5.74) is 0.850. The van der Waals surface area contributed by atoms with Crippen molar-refractivity contribution in [2.75, 3.05) is 6.54 Å². The highest BCUT2D eigenvalue weighted by Crippen LogP contribution is 2.31. The van der Waals surface area contributed by atoms with E-state index in [4.69, 9.17) is 11.6 Å². The Morgan fingerprint density at radius 1 is 1.52 bits per heavy atom. The number of nitrogens with zero attached hydrogens (tertiary/aromatic N) is 2. The lowest BCUT2D eigenvalue weighted by molar-refractivity contribution is 0.570. The number of H-pyrrole nitrogens is 1. The zero-order chi connectivity index (χ0) is 15.4. The Morgan fingerprint density at radius 2 is 2.29 bits per heavy atom. The maximum atomic E-state index is 11.3. The molecule has 0 spiro atoms. The van der Waals surface area contributed by atoms with Crippen molar-refractivity contribution in [1.82, 2.24) is 20.1 Å². The summed E-state index contributed by atoms with van der Waals surface area (Å²) in [7, 11) is 1.68. The first-order valence-corrected chi connectivity index (χ1v) is 8.04. The Kier molecular flexibility index (Phi) is 5.50. The van der Waals surface area contributed by atoms with Gasteiger partial charge in [0.2, 0.25) is 0 Å². The molecule has 0 amide bonds. The van der Waals surface area contributed by atoms with E-state index in [1.807, 2.05) is 18.2 Å². The molecule has 0 bridgehead atoms. The van der Waals surface area contributed by atoms with Gasteiger partial charge in [-0.2, -0.15) is 0 Å². The van der Waals surface area contributed by atoms with Crippen molar-refractivity contribution in [3.8, 4) is 0 Å². The van der Waals surface area contributed by atoms with Gasteiger partial charge in [-0.05, 0) is 49.3 Å². The molecule has 21 heavy (non-hydrogen) atoms. The molecule has 0 fully saturated rings. The van der Waals surface area contributed by atoms with Gasteiger partial charge >= 0.3 is 5.69 Å². The van der Waals surface area contributed by atoms with E-state index >= 15 is 0 Å². The van der Waals surface area contributed by atoms with Crippen LogP contribution in [0.5, 0.6) is 0 Å². The largest absolute Gasteiger partial charge is 0.343 e. The maximum absolute atomic E-state index is 11.3. The molecule has 1 heterocycles. The summed E-state index contributed by atoms with van der Waals surface area (Å²) in [5.74, 6) is 0. The molecule has 7 heteroatoms. The zero-order valence-corrected chi connectivity index (χ0v) is 13.9. The molecule has 0 saturated carbocycles. The minimum absolute atomic E-state index is 0.214. The second-order valence-corrected chi connectivity index (χ2v) is 6.28. The van der Waals surface area contributed by atoms with Gasteiger partial charge in [0.1, 0.15) is 0 Å². The van der Waals surface area contributed by atoms with Gasteiger partial charge in [-0.1, -0.05) is 24.6 Å². The minimum atomic E-state index is -0.224. The zero-order valence-electron chi connectivity index (χ0n) is 12.3. The molecule has 0 saturated heterocycles. The maximum Gasteiger partial charge on any atom is 0.343 e. The van der Waals surface area contributed by atoms with Gasteiger partial charge in [-0.25, -0.2) is 9.89 Å². The van der Waals surface area contributed by atoms with Crippen LogP contribution in [0, 0.1) is 0 Å². The van der Waals surface area contributed by atoms with Crippen molar-refractivity contribution in [3.05, 3.63) is 39.3 Å². The van der Waals surface area contributed by atoms with Crippen LogP contribution in [-0.2, 0) is 7.05 Å². The molecule has 5 nitrogen and oxygen atoms in total. The van der Waals surface area contributed by atoms with E-state index in [1.165, 1.54) is 16.3 Å². The van der Waals surface area contributed by atoms with Gasteiger partial charge in [0.15, 0.2) is 5.16 Å². The average molecular weight is 327 g/mol. The van der Waals surface area contributed by atoms with Crippen LogP contribution in [0.2, 0.25) is 5.02 Å². The summed E-state index contributed by atoms with van der Waals surface area (Å²) >= 11 is 7.77. The van der Waals surface area contributed by atoms with Crippen LogP contribution in [0.1, 0.15) is 31.9 Å². The van der Waals surface area contributed by atoms with Crippen LogP contribution in [-0.4, -0.2) is 21.3 Å². The van der Waals surface area contributed by atoms with Crippen LogP contribution in [0.4, 0.5) is 0 Å². The van der Waals surface area contributed by atoms with E-state index < -0.39 is 0 Å². The highest BCUT2D eigenvalue weighted by Gasteiger charge is 2.11. The Labute approximate surface area is 133 Å². The second-order valence-electron chi connectivity index (χ2n) is 4.83. The summed E-state index contributed by atoms with van der Waals surface area (Å²) < 4.78 is 1.47. The molecule has 2 aromatic rings. The first-order valence-electron chi connectivity index (χ1n) is 6.85. The van der Waals surface area contributed by atoms with Gasteiger partial charge in [-0.3, -0.25) is 4.57 Å². The number of benzene rings is 1. The van der Waals surface area contributed by atoms with E-state index in [-0.39, 0.29) is 11.7 Å². The fourth-order valence-electron chi connectivity index (χ4n) is 1.92. The van der Waals surface area contributed by atoms with E-state index in [0.717, 1.165) is 28.4 Å². The van der Waals surface area contributed by atoms with Crippen molar-refractivity contribution in [3.63, 3.8) is 0 Å². The summed E-state index contributed by atoms with van der Waals surface area (Å²) in [6.45, 7) is 5.19. The van der Waals surface area contributed by atoms with Gasteiger partial charge < -0.3 is 5.32 Å². The molecule has 1 atom stereocenters. The number of aromatic nitrogens is 3. The number of rotatable bonds is 6. The molecular weight excluding hydrogens is 308 g/mol. The summed E-state index contributed by atoms with van der Waals surface area (Å²) in [5, 5.41) is 11.1.